The highest BCUT2D eigenvalue weighted by atomic mass is 35.5. The molecule has 1 aromatic carbocycles. The summed E-state index contributed by atoms with van der Waals surface area (Å²) >= 11 is 0. The molecule has 0 heterocycles. The summed E-state index contributed by atoms with van der Waals surface area (Å²) in [4.78, 5) is 10.9. The van der Waals surface area contributed by atoms with Crippen molar-refractivity contribution in [3.63, 3.8) is 0 Å². The number of nitrogens with two attached hydrogens (primary N) is 1. The predicted molar refractivity (Wildman–Crippen MR) is 59.6 cm³/mol. The molecule has 0 unspecified atom stereocenters. The van der Waals surface area contributed by atoms with Crippen molar-refractivity contribution in [2.75, 3.05) is 6.54 Å². The summed E-state index contributed by atoms with van der Waals surface area (Å²) in [6.45, 7) is 1.90. The average Bonchev–Trinajstić information content (AvgIpc) is 2.15. The zero-order valence-corrected chi connectivity index (χ0v) is 8.73. The van der Waals surface area contributed by atoms with Crippen molar-refractivity contribution in [3.8, 4) is 11.8 Å². The number of Topliss-reactive ketones (excluding diaryl/α,β-unsaturated/α-hetero) is 1. The second kappa shape index (κ2) is 6.20. The molecule has 0 radical (unpaired) electrons. The molecule has 1 rings (SSSR count). The van der Waals surface area contributed by atoms with Crippen LogP contribution in [0.3, 0.4) is 0 Å². The van der Waals surface area contributed by atoms with Crippen LogP contribution in [0.4, 0.5) is 0 Å². The van der Waals surface area contributed by atoms with E-state index in [2.05, 4.69) is 11.8 Å². The Morgan fingerprint density at radius 1 is 1.36 bits per heavy atom. The first-order valence-corrected chi connectivity index (χ1v) is 4.04. The fraction of sp³-hybridized carbons (Fsp3) is 0.182. The standard InChI is InChI=1S/C11H11NO.ClH/c1-9(13)11-6-4-10(5-7-11)3-2-8-12;/h4-7H,8,12H2,1H3;1H. The lowest BCUT2D eigenvalue weighted by Gasteiger charge is -1.94. The second-order valence-corrected chi connectivity index (χ2v) is 2.64. The van der Waals surface area contributed by atoms with Gasteiger partial charge in [0.05, 0.1) is 6.54 Å². The molecular weight excluding hydrogens is 198 g/mol. The SMILES string of the molecule is CC(=O)c1ccc(C#CCN)cc1.Cl. The lowest BCUT2D eigenvalue weighted by Crippen LogP contribution is -1.93. The van der Waals surface area contributed by atoms with Gasteiger partial charge in [-0.15, -0.1) is 12.4 Å². The number of benzene rings is 1. The molecule has 0 atom stereocenters. The maximum atomic E-state index is 10.9. The van der Waals surface area contributed by atoms with Gasteiger partial charge in [-0.05, 0) is 19.1 Å². The van der Waals surface area contributed by atoms with Gasteiger partial charge in [-0.3, -0.25) is 4.79 Å². The summed E-state index contributed by atoms with van der Waals surface area (Å²) in [5.41, 5.74) is 6.82. The van der Waals surface area contributed by atoms with E-state index in [-0.39, 0.29) is 18.2 Å². The molecule has 0 saturated carbocycles. The van der Waals surface area contributed by atoms with Gasteiger partial charge in [-0.1, -0.05) is 24.0 Å². The molecule has 0 spiro atoms. The van der Waals surface area contributed by atoms with Crippen LogP contribution in [0.25, 0.3) is 0 Å². The summed E-state index contributed by atoms with van der Waals surface area (Å²) in [5, 5.41) is 0. The molecule has 0 aromatic heterocycles. The van der Waals surface area contributed by atoms with Gasteiger partial charge >= 0.3 is 0 Å². The number of hydrogen-bond donors (Lipinski definition) is 1. The number of ketones is 1. The van der Waals surface area contributed by atoms with Gasteiger partial charge in [0.15, 0.2) is 5.78 Å². The molecule has 0 aliphatic carbocycles. The van der Waals surface area contributed by atoms with Gasteiger partial charge in [0.2, 0.25) is 0 Å². The smallest absolute Gasteiger partial charge is 0.159 e. The summed E-state index contributed by atoms with van der Waals surface area (Å²) in [5.74, 6) is 5.70. The summed E-state index contributed by atoms with van der Waals surface area (Å²) in [7, 11) is 0. The minimum absolute atomic E-state index is 0. The Bertz CT molecular complexity index is 359. The fourth-order valence-electron chi connectivity index (χ4n) is 0.941. The van der Waals surface area contributed by atoms with E-state index >= 15 is 0 Å². The molecule has 1 aromatic rings. The molecule has 0 aliphatic rings. The molecular formula is C11H12ClNO. The second-order valence-electron chi connectivity index (χ2n) is 2.64. The topological polar surface area (TPSA) is 43.1 Å². The molecule has 74 valence electrons. The van der Waals surface area contributed by atoms with Gasteiger partial charge in [0.25, 0.3) is 0 Å². The van der Waals surface area contributed by atoms with Crippen LogP contribution in [0.2, 0.25) is 0 Å². The van der Waals surface area contributed by atoms with Crippen LogP contribution in [0.5, 0.6) is 0 Å². The van der Waals surface area contributed by atoms with Gasteiger partial charge < -0.3 is 5.73 Å². The molecule has 0 fully saturated rings. The zero-order valence-electron chi connectivity index (χ0n) is 7.91. The Hall–Kier alpha value is -1.30. The van der Waals surface area contributed by atoms with Crippen molar-refractivity contribution in [3.05, 3.63) is 35.4 Å². The first kappa shape index (κ1) is 12.7. The lowest BCUT2D eigenvalue weighted by atomic mass is 10.1. The fourth-order valence-corrected chi connectivity index (χ4v) is 0.941. The molecule has 0 bridgehead atoms. The van der Waals surface area contributed by atoms with Gasteiger partial charge in [0.1, 0.15) is 0 Å². The van der Waals surface area contributed by atoms with E-state index in [9.17, 15) is 4.79 Å². The van der Waals surface area contributed by atoms with Crippen LogP contribution in [-0.2, 0) is 0 Å². The zero-order chi connectivity index (χ0) is 9.68. The average molecular weight is 210 g/mol. The Morgan fingerprint density at radius 2 is 1.93 bits per heavy atom. The van der Waals surface area contributed by atoms with Gasteiger partial charge in [-0.2, -0.15) is 0 Å². The lowest BCUT2D eigenvalue weighted by molar-refractivity contribution is 0.101. The van der Waals surface area contributed by atoms with Crippen molar-refractivity contribution in [2.45, 2.75) is 6.92 Å². The highest BCUT2D eigenvalue weighted by molar-refractivity contribution is 5.94. The quantitative estimate of drug-likeness (QED) is 0.564. The van der Waals surface area contributed by atoms with Crippen LogP contribution in [0.15, 0.2) is 24.3 Å². The van der Waals surface area contributed by atoms with Gasteiger partial charge in [0, 0.05) is 11.1 Å². The van der Waals surface area contributed by atoms with Crippen molar-refractivity contribution >= 4 is 18.2 Å². The number of carbonyl (C=O) groups is 1. The first-order valence-electron chi connectivity index (χ1n) is 4.04. The van der Waals surface area contributed by atoms with Crippen LogP contribution in [-0.4, -0.2) is 12.3 Å². The van der Waals surface area contributed by atoms with E-state index in [0.717, 1.165) is 5.56 Å². The third-order valence-corrected chi connectivity index (χ3v) is 1.63. The third-order valence-electron chi connectivity index (χ3n) is 1.63. The maximum absolute atomic E-state index is 10.9. The number of hydrogen-bond acceptors (Lipinski definition) is 2. The van der Waals surface area contributed by atoms with E-state index < -0.39 is 0 Å². The van der Waals surface area contributed by atoms with Crippen LogP contribution in [0.1, 0.15) is 22.8 Å². The highest BCUT2D eigenvalue weighted by Gasteiger charge is 1.96. The highest BCUT2D eigenvalue weighted by Crippen LogP contribution is 2.03. The Morgan fingerprint density at radius 3 is 2.36 bits per heavy atom. The molecule has 2 nitrogen and oxygen atoms in total. The Labute approximate surface area is 89.9 Å². The Balaban J connectivity index is 0.00000169. The van der Waals surface area contributed by atoms with Crippen molar-refractivity contribution in [1.29, 1.82) is 0 Å². The maximum Gasteiger partial charge on any atom is 0.159 e. The summed E-state index contributed by atoms with van der Waals surface area (Å²) < 4.78 is 0. The van der Waals surface area contributed by atoms with Crippen LogP contribution >= 0.6 is 12.4 Å². The largest absolute Gasteiger partial charge is 0.320 e. The monoisotopic (exact) mass is 209 g/mol. The molecule has 3 heteroatoms. The number of halogens is 1. The van der Waals surface area contributed by atoms with Gasteiger partial charge in [-0.25, -0.2) is 0 Å². The van der Waals surface area contributed by atoms with E-state index in [1.54, 1.807) is 19.1 Å². The van der Waals surface area contributed by atoms with Crippen LogP contribution in [0, 0.1) is 11.8 Å². The molecule has 0 aliphatic heterocycles. The normalized spacial score (nSPS) is 8.14. The van der Waals surface area contributed by atoms with E-state index in [0.29, 0.717) is 12.1 Å². The third kappa shape index (κ3) is 3.61. The summed E-state index contributed by atoms with van der Waals surface area (Å²) in [6, 6.07) is 7.17. The van der Waals surface area contributed by atoms with Crippen molar-refractivity contribution in [1.82, 2.24) is 0 Å². The van der Waals surface area contributed by atoms with Crippen molar-refractivity contribution < 1.29 is 4.79 Å². The van der Waals surface area contributed by atoms with E-state index in [1.807, 2.05) is 12.1 Å². The molecule has 0 amide bonds. The van der Waals surface area contributed by atoms with E-state index in [1.165, 1.54) is 0 Å². The number of rotatable bonds is 1. The van der Waals surface area contributed by atoms with E-state index in [4.69, 9.17) is 5.73 Å². The minimum Gasteiger partial charge on any atom is -0.320 e. The molecule has 2 N–H and O–H groups in total. The first-order chi connectivity index (χ1) is 6.24. The van der Waals surface area contributed by atoms with Crippen LogP contribution < -0.4 is 5.73 Å². The number of carbonyl (C=O) groups excluding carboxylic acids is 1. The molecule has 14 heavy (non-hydrogen) atoms. The minimum atomic E-state index is 0. The Kier molecular flexibility index (Phi) is 5.62. The molecule has 0 saturated heterocycles. The summed E-state index contributed by atoms with van der Waals surface area (Å²) in [6.07, 6.45) is 0. The predicted octanol–water partition coefficient (Wildman–Crippen LogP) is 1.62. The van der Waals surface area contributed by atoms with Crippen molar-refractivity contribution in [2.24, 2.45) is 5.73 Å².